The van der Waals surface area contributed by atoms with Gasteiger partial charge in [0.2, 0.25) is 0 Å². The van der Waals surface area contributed by atoms with Crippen LogP contribution in [0.1, 0.15) is 11.1 Å². The minimum atomic E-state index is -0.372. The van der Waals surface area contributed by atoms with Crippen LogP contribution < -0.4 is 10.5 Å². The molecule has 0 amide bonds. The summed E-state index contributed by atoms with van der Waals surface area (Å²) in [5.41, 5.74) is 7.56. The van der Waals surface area contributed by atoms with Gasteiger partial charge in [-0.3, -0.25) is 0 Å². The molecule has 0 saturated carbocycles. The van der Waals surface area contributed by atoms with Crippen LogP contribution in [0.2, 0.25) is 0 Å². The third kappa shape index (κ3) is 3.31. The van der Waals surface area contributed by atoms with Crippen LogP contribution in [-0.4, -0.2) is 0 Å². The molecule has 0 bridgehead atoms. The number of nitrogens with two attached hydrogens (primary N) is 1. The first-order chi connectivity index (χ1) is 8.69. The van der Waals surface area contributed by atoms with Crippen molar-refractivity contribution in [3.8, 4) is 5.75 Å². The topological polar surface area (TPSA) is 35.2 Å². The quantitative estimate of drug-likeness (QED) is 0.936. The largest absolute Gasteiger partial charge is 0.486 e. The Morgan fingerprint density at radius 1 is 1.06 bits per heavy atom. The molecule has 0 aliphatic carbocycles. The van der Waals surface area contributed by atoms with Crippen LogP contribution in [0.5, 0.6) is 5.75 Å². The van der Waals surface area contributed by atoms with E-state index in [1.54, 1.807) is 12.1 Å². The van der Waals surface area contributed by atoms with Crippen molar-refractivity contribution in [2.24, 2.45) is 5.73 Å². The second-order valence-corrected chi connectivity index (χ2v) is 4.80. The van der Waals surface area contributed by atoms with Crippen molar-refractivity contribution in [3.63, 3.8) is 0 Å². The van der Waals surface area contributed by atoms with E-state index in [2.05, 4.69) is 15.9 Å². The van der Waals surface area contributed by atoms with Crippen molar-refractivity contribution in [2.45, 2.75) is 13.2 Å². The van der Waals surface area contributed by atoms with Crippen molar-refractivity contribution in [3.05, 3.63) is 63.9 Å². The summed E-state index contributed by atoms with van der Waals surface area (Å²) >= 11 is 3.20. The normalized spacial score (nSPS) is 10.4. The fourth-order valence-corrected chi connectivity index (χ4v) is 1.86. The second-order valence-electron chi connectivity index (χ2n) is 3.88. The fourth-order valence-electron chi connectivity index (χ4n) is 1.52. The van der Waals surface area contributed by atoms with Gasteiger partial charge in [0.15, 0.2) is 11.6 Å². The van der Waals surface area contributed by atoms with Crippen LogP contribution in [0, 0.1) is 5.82 Å². The molecule has 18 heavy (non-hydrogen) atoms. The Bertz CT molecular complexity index is 528. The zero-order valence-electron chi connectivity index (χ0n) is 9.70. The van der Waals surface area contributed by atoms with E-state index in [0.29, 0.717) is 17.6 Å². The van der Waals surface area contributed by atoms with E-state index >= 15 is 0 Å². The Morgan fingerprint density at radius 2 is 1.72 bits per heavy atom. The molecule has 0 aromatic heterocycles. The monoisotopic (exact) mass is 309 g/mol. The third-order valence-electron chi connectivity index (χ3n) is 2.55. The summed E-state index contributed by atoms with van der Waals surface area (Å²) in [5.74, 6) is -0.121. The highest BCUT2D eigenvalue weighted by atomic mass is 79.9. The van der Waals surface area contributed by atoms with Crippen molar-refractivity contribution in [1.82, 2.24) is 0 Å². The molecule has 0 heterocycles. The number of ether oxygens (including phenoxy) is 1. The maximum atomic E-state index is 13.5. The van der Waals surface area contributed by atoms with Crippen molar-refractivity contribution in [2.75, 3.05) is 0 Å². The van der Waals surface area contributed by atoms with Gasteiger partial charge in [-0.15, -0.1) is 0 Å². The van der Waals surface area contributed by atoms with Crippen LogP contribution in [0.15, 0.2) is 46.9 Å². The number of hydrogen-bond donors (Lipinski definition) is 1. The number of benzene rings is 2. The molecule has 2 aromatic rings. The van der Waals surface area contributed by atoms with Crippen LogP contribution >= 0.6 is 15.9 Å². The predicted octanol–water partition coefficient (Wildman–Crippen LogP) is 3.63. The molecule has 2 rings (SSSR count). The molecule has 0 aliphatic heterocycles. The first-order valence-electron chi connectivity index (χ1n) is 5.55. The average molecular weight is 310 g/mol. The second kappa shape index (κ2) is 5.98. The summed E-state index contributed by atoms with van der Waals surface area (Å²) in [7, 11) is 0. The maximum Gasteiger partial charge on any atom is 0.166 e. The Kier molecular flexibility index (Phi) is 4.33. The Labute approximate surface area is 114 Å². The number of halogens is 2. The van der Waals surface area contributed by atoms with E-state index in [4.69, 9.17) is 10.5 Å². The summed E-state index contributed by atoms with van der Waals surface area (Å²) in [6.45, 7) is 0.853. The van der Waals surface area contributed by atoms with Crippen molar-refractivity contribution < 1.29 is 9.13 Å². The zero-order valence-corrected chi connectivity index (χ0v) is 11.3. The first-order valence-corrected chi connectivity index (χ1v) is 6.34. The molecule has 4 heteroatoms. The lowest BCUT2D eigenvalue weighted by Gasteiger charge is -2.08. The molecule has 2 aromatic carbocycles. The van der Waals surface area contributed by atoms with Crippen LogP contribution in [0.3, 0.4) is 0 Å². The zero-order chi connectivity index (χ0) is 13.0. The van der Waals surface area contributed by atoms with Gasteiger partial charge in [0.1, 0.15) is 6.61 Å². The van der Waals surface area contributed by atoms with Crippen LogP contribution in [0.25, 0.3) is 0 Å². The van der Waals surface area contributed by atoms with Gasteiger partial charge in [0.25, 0.3) is 0 Å². The first kappa shape index (κ1) is 13.1. The molecule has 0 spiro atoms. The Hall–Kier alpha value is -1.39. The summed E-state index contributed by atoms with van der Waals surface area (Å²) in [6.07, 6.45) is 0. The lowest BCUT2D eigenvalue weighted by Crippen LogP contribution is -1.99. The molecule has 2 N–H and O–H groups in total. The molecule has 0 fully saturated rings. The summed E-state index contributed by atoms with van der Waals surface area (Å²) in [4.78, 5) is 0. The van der Waals surface area contributed by atoms with Gasteiger partial charge in [-0.2, -0.15) is 0 Å². The van der Waals surface area contributed by atoms with Crippen LogP contribution in [-0.2, 0) is 13.2 Å². The average Bonchev–Trinajstić information content (AvgIpc) is 2.38. The van der Waals surface area contributed by atoms with E-state index in [-0.39, 0.29) is 11.6 Å². The molecule has 0 radical (unpaired) electrons. The third-order valence-corrected chi connectivity index (χ3v) is 3.04. The summed E-state index contributed by atoms with van der Waals surface area (Å²) in [5, 5.41) is 0. The number of hydrogen-bond acceptors (Lipinski definition) is 2. The summed E-state index contributed by atoms with van der Waals surface area (Å²) < 4.78 is 19.6. The van der Waals surface area contributed by atoms with Crippen LogP contribution in [0.4, 0.5) is 4.39 Å². The van der Waals surface area contributed by atoms with Gasteiger partial charge >= 0.3 is 0 Å². The van der Waals surface area contributed by atoms with Gasteiger partial charge in [-0.05, 0) is 29.3 Å². The fraction of sp³-hybridized carbons (Fsp3) is 0.143. The van der Waals surface area contributed by atoms with Gasteiger partial charge < -0.3 is 10.5 Å². The molecule has 94 valence electrons. The van der Waals surface area contributed by atoms with Crippen molar-refractivity contribution >= 4 is 15.9 Å². The lowest BCUT2D eigenvalue weighted by molar-refractivity contribution is 0.290. The highest BCUT2D eigenvalue weighted by molar-refractivity contribution is 9.10. The molecule has 2 nitrogen and oxygen atoms in total. The van der Waals surface area contributed by atoms with E-state index in [9.17, 15) is 4.39 Å². The van der Waals surface area contributed by atoms with Gasteiger partial charge in [-0.25, -0.2) is 4.39 Å². The molecule has 0 unspecified atom stereocenters. The van der Waals surface area contributed by atoms with Gasteiger partial charge in [0.05, 0.1) is 0 Å². The smallest absolute Gasteiger partial charge is 0.166 e. The van der Waals surface area contributed by atoms with E-state index in [1.807, 2.05) is 24.3 Å². The predicted molar refractivity (Wildman–Crippen MR) is 72.8 cm³/mol. The summed E-state index contributed by atoms with van der Waals surface area (Å²) in [6, 6.07) is 12.5. The Balaban J connectivity index is 2.02. The minimum absolute atomic E-state index is 0.251. The van der Waals surface area contributed by atoms with Gasteiger partial charge in [-0.1, -0.05) is 40.2 Å². The maximum absolute atomic E-state index is 13.5. The van der Waals surface area contributed by atoms with Gasteiger partial charge in [0, 0.05) is 11.0 Å². The Morgan fingerprint density at radius 3 is 2.33 bits per heavy atom. The van der Waals surface area contributed by atoms with E-state index in [0.717, 1.165) is 11.1 Å². The lowest BCUT2D eigenvalue weighted by atomic mass is 10.1. The van der Waals surface area contributed by atoms with E-state index in [1.165, 1.54) is 6.07 Å². The molecule has 0 atom stereocenters. The van der Waals surface area contributed by atoms with E-state index < -0.39 is 0 Å². The highest BCUT2D eigenvalue weighted by Crippen LogP contribution is 2.22. The number of rotatable bonds is 4. The highest BCUT2D eigenvalue weighted by Gasteiger charge is 2.04. The molecule has 0 saturated heterocycles. The van der Waals surface area contributed by atoms with Crippen molar-refractivity contribution in [1.29, 1.82) is 0 Å². The SMILES string of the molecule is NCc1ccc(COc2ccc(Br)cc2F)cc1. The minimum Gasteiger partial charge on any atom is -0.486 e. The standard InChI is InChI=1S/C14H13BrFNO/c15-12-5-6-14(13(16)7-12)18-9-11-3-1-10(8-17)2-4-11/h1-7H,8-9,17H2. The molecular weight excluding hydrogens is 297 g/mol. The molecule has 0 aliphatic rings. The molecular formula is C14H13BrFNO.